The maximum absolute atomic E-state index is 10.8. The molecule has 0 aromatic heterocycles. The Morgan fingerprint density at radius 2 is 2.00 bits per heavy atom. The normalized spacial score (nSPS) is 14.4. The second-order valence-corrected chi connectivity index (χ2v) is 4.65. The number of hydrogen-bond donors (Lipinski definition) is 1. The summed E-state index contributed by atoms with van der Waals surface area (Å²) in [5, 5.41) is 10.8. The van der Waals surface area contributed by atoms with Crippen LogP contribution in [0.4, 0.5) is 5.69 Å². The van der Waals surface area contributed by atoms with E-state index in [4.69, 9.17) is 5.73 Å². The molecule has 17 heavy (non-hydrogen) atoms. The van der Waals surface area contributed by atoms with Crippen LogP contribution in [0.3, 0.4) is 0 Å². The van der Waals surface area contributed by atoms with Crippen molar-refractivity contribution in [3.8, 4) is 0 Å². The minimum absolute atomic E-state index is 0.127. The number of nitro groups is 1. The van der Waals surface area contributed by atoms with Gasteiger partial charge in [-0.1, -0.05) is 20.3 Å². The van der Waals surface area contributed by atoms with Crippen LogP contribution < -0.4 is 5.73 Å². The fourth-order valence-corrected chi connectivity index (χ4v) is 1.88. The first-order valence-electron chi connectivity index (χ1n) is 5.89. The molecule has 0 radical (unpaired) electrons. The smallest absolute Gasteiger partial charge is 0.270 e. The molecule has 2 atom stereocenters. The molecule has 94 valence electrons. The Balaban J connectivity index is 3.27. The van der Waals surface area contributed by atoms with E-state index in [9.17, 15) is 10.1 Å². The molecule has 0 aliphatic heterocycles. The van der Waals surface area contributed by atoms with E-state index in [0.29, 0.717) is 5.92 Å². The molecule has 0 heterocycles. The Labute approximate surface area is 102 Å². The third kappa shape index (κ3) is 2.82. The maximum atomic E-state index is 10.8. The monoisotopic (exact) mass is 236 g/mol. The van der Waals surface area contributed by atoms with E-state index in [1.54, 1.807) is 12.1 Å². The summed E-state index contributed by atoms with van der Waals surface area (Å²) in [5.41, 5.74) is 9.17. The van der Waals surface area contributed by atoms with Gasteiger partial charge in [-0.3, -0.25) is 10.1 Å². The van der Waals surface area contributed by atoms with Gasteiger partial charge < -0.3 is 5.73 Å². The van der Waals surface area contributed by atoms with Crippen molar-refractivity contribution >= 4 is 5.69 Å². The molecule has 0 aliphatic rings. The first kappa shape index (κ1) is 13.6. The number of rotatable bonds is 4. The van der Waals surface area contributed by atoms with Crippen LogP contribution in [0.15, 0.2) is 12.1 Å². The Morgan fingerprint density at radius 3 is 2.47 bits per heavy atom. The number of non-ortho nitro benzene ring substituents is 1. The van der Waals surface area contributed by atoms with Gasteiger partial charge in [-0.2, -0.15) is 0 Å². The number of nitrogens with two attached hydrogens (primary N) is 1. The van der Waals surface area contributed by atoms with Gasteiger partial charge in [-0.05, 0) is 36.5 Å². The van der Waals surface area contributed by atoms with E-state index in [0.717, 1.165) is 23.1 Å². The lowest BCUT2D eigenvalue weighted by molar-refractivity contribution is -0.385. The summed E-state index contributed by atoms with van der Waals surface area (Å²) in [5.74, 6) is 0.315. The average molecular weight is 236 g/mol. The minimum atomic E-state index is -0.362. The van der Waals surface area contributed by atoms with Crippen molar-refractivity contribution in [1.29, 1.82) is 0 Å². The topological polar surface area (TPSA) is 69.2 Å². The molecule has 0 spiro atoms. The highest BCUT2D eigenvalue weighted by molar-refractivity contribution is 5.46. The molecule has 4 nitrogen and oxygen atoms in total. The highest BCUT2D eigenvalue weighted by atomic mass is 16.6. The van der Waals surface area contributed by atoms with E-state index < -0.39 is 0 Å². The van der Waals surface area contributed by atoms with Crippen LogP contribution in [-0.4, -0.2) is 4.92 Å². The van der Waals surface area contributed by atoms with E-state index in [1.165, 1.54) is 0 Å². The lowest BCUT2D eigenvalue weighted by Crippen LogP contribution is -2.20. The van der Waals surface area contributed by atoms with E-state index >= 15 is 0 Å². The number of nitrogens with zero attached hydrogens (tertiary/aromatic N) is 1. The minimum Gasteiger partial charge on any atom is -0.324 e. The molecular formula is C13H20N2O2. The largest absolute Gasteiger partial charge is 0.324 e. The maximum Gasteiger partial charge on any atom is 0.270 e. The third-order valence-electron chi connectivity index (χ3n) is 3.52. The van der Waals surface area contributed by atoms with E-state index in [-0.39, 0.29) is 16.7 Å². The summed E-state index contributed by atoms with van der Waals surface area (Å²) in [6.07, 6.45) is 0.961. The fourth-order valence-electron chi connectivity index (χ4n) is 1.88. The summed E-state index contributed by atoms with van der Waals surface area (Å²) < 4.78 is 0. The molecular weight excluding hydrogens is 216 g/mol. The standard InChI is InChI=1S/C13H20N2O2/c1-5-8(2)13(14)12-7-11(15(16)17)6-9(3)10(12)4/h6-8,13H,5,14H2,1-4H3. The van der Waals surface area contributed by atoms with Crippen molar-refractivity contribution in [3.63, 3.8) is 0 Å². The zero-order valence-electron chi connectivity index (χ0n) is 10.9. The van der Waals surface area contributed by atoms with Crippen LogP contribution in [0.2, 0.25) is 0 Å². The Hall–Kier alpha value is -1.42. The van der Waals surface area contributed by atoms with Gasteiger partial charge in [0.15, 0.2) is 0 Å². The lowest BCUT2D eigenvalue weighted by atomic mass is 9.88. The van der Waals surface area contributed by atoms with Gasteiger partial charge in [0, 0.05) is 18.2 Å². The van der Waals surface area contributed by atoms with Gasteiger partial charge in [-0.25, -0.2) is 0 Å². The van der Waals surface area contributed by atoms with Crippen LogP contribution in [0, 0.1) is 29.9 Å². The highest BCUT2D eigenvalue weighted by Crippen LogP contribution is 2.30. The van der Waals surface area contributed by atoms with Crippen molar-refractivity contribution in [1.82, 2.24) is 0 Å². The van der Waals surface area contributed by atoms with Crippen molar-refractivity contribution < 1.29 is 4.92 Å². The Morgan fingerprint density at radius 1 is 1.41 bits per heavy atom. The number of aryl methyl sites for hydroxylation is 1. The van der Waals surface area contributed by atoms with Crippen LogP contribution in [-0.2, 0) is 0 Å². The molecule has 0 fully saturated rings. The second-order valence-electron chi connectivity index (χ2n) is 4.65. The van der Waals surface area contributed by atoms with Crippen LogP contribution in [0.25, 0.3) is 0 Å². The Kier molecular flexibility index (Phi) is 4.23. The third-order valence-corrected chi connectivity index (χ3v) is 3.52. The van der Waals surface area contributed by atoms with Gasteiger partial charge in [0.2, 0.25) is 0 Å². The van der Waals surface area contributed by atoms with Crippen molar-refractivity contribution in [3.05, 3.63) is 38.9 Å². The zero-order valence-corrected chi connectivity index (χ0v) is 10.9. The number of benzene rings is 1. The quantitative estimate of drug-likeness (QED) is 0.644. The molecule has 0 saturated heterocycles. The van der Waals surface area contributed by atoms with Gasteiger partial charge in [-0.15, -0.1) is 0 Å². The molecule has 1 rings (SSSR count). The van der Waals surface area contributed by atoms with Gasteiger partial charge in [0.1, 0.15) is 0 Å². The highest BCUT2D eigenvalue weighted by Gasteiger charge is 2.19. The van der Waals surface area contributed by atoms with Gasteiger partial charge in [0.05, 0.1) is 4.92 Å². The summed E-state index contributed by atoms with van der Waals surface area (Å²) in [6, 6.07) is 3.07. The van der Waals surface area contributed by atoms with Crippen molar-refractivity contribution in [2.75, 3.05) is 0 Å². The number of nitro benzene ring substituents is 1. The molecule has 0 aliphatic carbocycles. The molecule has 1 aromatic rings. The van der Waals surface area contributed by atoms with Crippen molar-refractivity contribution in [2.45, 2.75) is 40.2 Å². The molecule has 1 aromatic carbocycles. The first-order chi connectivity index (χ1) is 7.88. The molecule has 0 saturated carbocycles. The summed E-state index contributed by atoms with van der Waals surface area (Å²) in [7, 11) is 0. The Bertz CT molecular complexity index is 430. The molecule has 4 heteroatoms. The van der Waals surface area contributed by atoms with Crippen LogP contribution >= 0.6 is 0 Å². The molecule has 2 unspecified atom stereocenters. The second kappa shape index (κ2) is 5.27. The fraction of sp³-hybridized carbons (Fsp3) is 0.538. The van der Waals surface area contributed by atoms with Crippen molar-refractivity contribution in [2.24, 2.45) is 11.7 Å². The summed E-state index contributed by atoms with van der Waals surface area (Å²) in [4.78, 5) is 10.5. The van der Waals surface area contributed by atoms with E-state index in [1.807, 2.05) is 13.8 Å². The van der Waals surface area contributed by atoms with Crippen LogP contribution in [0.5, 0.6) is 0 Å². The van der Waals surface area contributed by atoms with Crippen LogP contribution in [0.1, 0.15) is 43.0 Å². The first-order valence-corrected chi connectivity index (χ1v) is 5.89. The lowest BCUT2D eigenvalue weighted by Gasteiger charge is -2.21. The predicted molar refractivity (Wildman–Crippen MR) is 69.0 cm³/mol. The van der Waals surface area contributed by atoms with Gasteiger partial charge >= 0.3 is 0 Å². The predicted octanol–water partition coefficient (Wildman–Crippen LogP) is 3.26. The molecule has 0 bridgehead atoms. The summed E-state index contributed by atoms with van der Waals surface area (Å²) in [6.45, 7) is 7.99. The summed E-state index contributed by atoms with van der Waals surface area (Å²) >= 11 is 0. The zero-order chi connectivity index (χ0) is 13.2. The number of hydrogen-bond acceptors (Lipinski definition) is 3. The molecule has 2 N–H and O–H groups in total. The SMILES string of the molecule is CCC(C)C(N)c1cc([N+](=O)[O-])cc(C)c1C. The average Bonchev–Trinajstić information content (AvgIpc) is 2.30. The molecule has 0 amide bonds. The van der Waals surface area contributed by atoms with Gasteiger partial charge in [0.25, 0.3) is 5.69 Å². The van der Waals surface area contributed by atoms with E-state index in [2.05, 4.69) is 13.8 Å².